The molecule has 6 rings (SSSR count). The number of hydrogen-bond donors (Lipinski definition) is 2. The molecule has 4 aliphatic carbocycles. The Labute approximate surface area is 202 Å². The van der Waals surface area contributed by atoms with Crippen LogP contribution in [0.25, 0.3) is 5.69 Å². The SMILES string of the molecule is Cc1nn(-c2ccccc2)c(C)c1CNC(=O)C(NC(=O)C12CC3CC(CC(C3)C1)C2)C(C)C. The van der Waals surface area contributed by atoms with E-state index < -0.39 is 6.04 Å². The Bertz CT molecular complexity index is 1040. The molecule has 34 heavy (non-hydrogen) atoms. The van der Waals surface area contributed by atoms with Crippen molar-refractivity contribution in [2.24, 2.45) is 29.1 Å². The minimum absolute atomic E-state index is 0.0205. The van der Waals surface area contributed by atoms with Gasteiger partial charge in [0.2, 0.25) is 11.8 Å². The number of nitrogens with one attached hydrogen (secondary N) is 2. The molecule has 4 aliphatic rings. The first kappa shape index (κ1) is 23.1. The molecule has 4 fully saturated rings. The van der Waals surface area contributed by atoms with Crippen molar-refractivity contribution in [3.63, 3.8) is 0 Å². The molecule has 1 aromatic heterocycles. The first-order chi connectivity index (χ1) is 16.3. The fourth-order valence-electron chi connectivity index (χ4n) is 7.25. The van der Waals surface area contributed by atoms with Gasteiger partial charge in [-0.1, -0.05) is 32.0 Å². The highest BCUT2D eigenvalue weighted by Gasteiger charge is 2.55. The minimum Gasteiger partial charge on any atom is -0.350 e. The van der Waals surface area contributed by atoms with E-state index in [-0.39, 0.29) is 23.1 Å². The number of carbonyl (C=O) groups excluding carboxylic acids is 2. The highest BCUT2D eigenvalue weighted by atomic mass is 16.2. The second kappa shape index (κ2) is 8.86. The van der Waals surface area contributed by atoms with Crippen molar-refractivity contribution in [3.05, 3.63) is 47.3 Å². The minimum atomic E-state index is -0.523. The molecule has 6 heteroatoms. The van der Waals surface area contributed by atoms with Gasteiger partial charge in [0.1, 0.15) is 6.04 Å². The van der Waals surface area contributed by atoms with Gasteiger partial charge in [-0.05, 0) is 88.2 Å². The number of nitrogens with zero attached hydrogens (tertiary/aromatic N) is 2. The molecule has 4 bridgehead atoms. The number of carbonyl (C=O) groups is 2. The van der Waals surface area contributed by atoms with Gasteiger partial charge in [0, 0.05) is 23.2 Å². The van der Waals surface area contributed by atoms with Crippen molar-refractivity contribution in [2.45, 2.75) is 78.8 Å². The lowest BCUT2D eigenvalue weighted by Crippen LogP contribution is -2.58. The third kappa shape index (κ3) is 4.16. The van der Waals surface area contributed by atoms with E-state index in [1.54, 1.807) is 0 Å². The normalized spacial score (nSPS) is 28.2. The Morgan fingerprint density at radius 3 is 2.18 bits per heavy atom. The zero-order chi connectivity index (χ0) is 24.0. The van der Waals surface area contributed by atoms with Crippen molar-refractivity contribution in [1.29, 1.82) is 0 Å². The van der Waals surface area contributed by atoms with E-state index in [0.29, 0.717) is 24.3 Å². The van der Waals surface area contributed by atoms with Crippen molar-refractivity contribution in [1.82, 2.24) is 20.4 Å². The Balaban J connectivity index is 1.26. The summed E-state index contributed by atoms with van der Waals surface area (Å²) in [5.41, 5.74) is 3.70. The van der Waals surface area contributed by atoms with E-state index in [1.807, 2.05) is 62.7 Å². The van der Waals surface area contributed by atoms with Gasteiger partial charge in [-0.25, -0.2) is 4.68 Å². The van der Waals surface area contributed by atoms with Crippen LogP contribution in [-0.4, -0.2) is 27.6 Å². The van der Waals surface area contributed by atoms with Crippen LogP contribution in [-0.2, 0) is 16.1 Å². The second-order valence-corrected chi connectivity index (χ2v) is 11.5. The Morgan fingerprint density at radius 1 is 1.03 bits per heavy atom. The molecule has 1 aromatic carbocycles. The van der Waals surface area contributed by atoms with E-state index >= 15 is 0 Å². The zero-order valence-corrected chi connectivity index (χ0v) is 20.9. The molecule has 2 aromatic rings. The molecular formula is C28H38N4O2. The summed E-state index contributed by atoms with van der Waals surface area (Å²) in [6, 6.07) is 9.50. The van der Waals surface area contributed by atoms with Gasteiger partial charge in [-0.15, -0.1) is 0 Å². The van der Waals surface area contributed by atoms with Gasteiger partial charge in [0.15, 0.2) is 0 Å². The van der Waals surface area contributed by atoms with Crippen molar-refractivity contribution < 1.29 is 9.59 Å². The number of aryl methyl sites for hydroxylation is 1. The molecule has 0 saturated heterocycles. The molecule has 0 spiro atoms. The van der Waals surface area contributed by atoms with Crippen molar-refractivity contribution in [3.8, 4) is 5.69 Å². The average Bonchev–Trinajstić information content (AvgIpc) is 3.08. The van der Waals surface area contributed by atoms with Crippen LogP contribution < -0.4 is 10.6 Å². The second-order valence-electron chi connectivity index (χ2n) is 11.5. The number of hydrogen-bond acceptors (Lipinski definition) is 3. The summed E-state index contributed by atoms with van der Waals surface area (Å²) in [4.78, 5) is 26.8. The summed E-state index contributed by atoms with van der Waals surface area (Å²) >= 11 is 0. The molecule has 4 saturated carbocycles. The van der Waals surface area contributed by atoms with E-state index in [4.69, 9.17) is 0 Å². The topological polar surface area (TPSA) is 76.0 Å². The smallest absolute Gasteiger partial charge is 0.243 e. The highest BCUT2D eigenvalue weighted by Crippen LogP contribution is 2.60. The summed E-state index contributed by atoms with van der Waals surface area (Å²) in [5, 5.41) is 11.0. The van der Waals surface area contributed by atoms with Crippen molar-refractivity contribution >= 4 is 11.8 Å². The van der Waals surface area contributed by atoms with Gasteiger partial charge in [0.25, 0.3) is 0 Å². The Morgan fingerprint density at radius 2 is 1.62 bits per heavy atom. The van der Waals surface area contributed by atoms with Crippen LogP contribution >= 0.6 is 0 Å². The molecule has 1 heterocycles. The maximum Gasteiger partial charge on any atom is 0.243 e. The van der Waals surface area contributed by atoms with E-state index in [9.17, 15) is 9.59 Å². The van der Waals surface area contributed by atoms with Crippen LogP contribution in [0.4, 0.5) is 0 Å². The molecule has 6 nitrogen and oxygen atoms in total. The maximum absolute atomic E-state index is 13.6. The lowest BCUT2D eigenvalue weighted by Gasteiger charge is -2.55. The number of benzene rings is 1. The third-order valence-electron chi connectivity index (χ3n) is 8.64. The third-order valence-corrected chi connectivity index (χ3v) is 8.64. The quantitative estimate of drug-likeness (QED) is 0.638. The maximum atomic E-state index is 13.6. The predicted octanol–water partition coefficient (Wildman–Crippen LogP) is 4.46. The summed E-state index contributed by atoms with van der Waals surface area (Å²) in [6.07, 6.45) is 6.93. The highest BCUT2D eigenvalue weighted by molar-refractivity contribution is 5.90. The van der Waals surface area contributed by atoms with Crippen molar-refractivity contribution in [2.75, 3.05) is 0 Å². The largest absolute Gasteiger partial charge is 0.350 e. The molecule has 1 atom stereocenters. The molecule has 2 N–H and O–H groups in total. The summed E-state index contributed by atoms with van der Waals surface area (Å²) in [5.74, 6) is 2.14. The number of amides is 2. The fraction of sp³-hybridized carbons (Fsp3) is 0.607. The molecule has 2 amide bonds. The molecular weight excluding hydrogens is 424 g/mol. The standard InChI is InChI=1S/C28H38N4O2/c1-17(2)25(30-27(34)28-13-20-10-21(14-28)12-22(11-20)15-28)26(33)29-16-24-18(3)31-32(19(24)4)23-8-6-5-7-9-23/h5-9,17,20-22,25H,10-16H2,1-4H3,(H,29,33)(H,30,34). The van der Waals surface area contributed by atoms with Crippen LogP contribution in [0.1, 0.15) is 69.3 Å². The van der Waals surface area contributed by atoms with Crippen LogP contribution in [0, 0.1) is 42.9 Å². The number of aromatic nitrogens is 2. The lowest BCUT2D eigenvalue weighted by molar-refractivity contribution is -0.149. The van der Waals surface area contributed by atoms with Crippen LogP contribution in [0.5, 0.6) is 0 Å². The van der Waals surface area contributed by atoms with Crippen LogP contribution in [0.15, 0.2) is 30.3 Å². The number of para-hydroxylation sites is 1. The average molecular weight is 463 g/mol. The van der Waals surface area contributed by atoms with Gasteiger partial charge in [-0.3, -0.25) is 9.59 Å². The van der Waals surface area contributed by atoms with Gasteiger partial charge in [-0.2, -0.15) is 5.10 Å². The zero-order valence-electron chi connectivity index (χ0n) is 20.9. The monoisotopic (exact) mass is 462 g/mol. The molecule has 182 valence electrons. The van der Waals surface area contributed by atoms with Gasteiger partial charge in [0.05, 0.1) is 11.4 Å². The van der Waals surface area contributed by atoms with E-state index in [0.717, 1.165) is 41.9 Å². The van der Waals surface area contributed by atoms with Gasteiger partial charge < -0.3 is 10.6 Å². The molecule has 0 radical (unpaired) electrons. The first-order valence-corrected chi connectivity index (χ1v) is 12.9. The molecule has 0 aliphatic heterocycles. The van der Waals surface area contributed by atoms with Crippen LogP contribution in [0.2, 0.25) is 0 Å². The van der Waals surface area contributed by atoms with Crippen LogP contribution in [0.3, 0.4) is 0 Å². The molecule has 1 unspecified atom stereocenters. The summed E-state index contributed by atoms with van der Waals surface area (Å²) < 4.78 is 1.92. The summed E-state index contributed by atoms with van der Waals surface area (Å²) in [6.45, 7) is 8.42. The summed E-state index contributed by atoms with van der Waals surface area (Å²) in [7, 11) is 0. The predicted molar refractivity (Wildman–Crippen MR) is 132 cm³/mol. The Kier molecular flexibility index (Phi) is 6.03. The lowest BCUT2D eigenvalue weighted by atomic mass is 9.49. The van der Waals surface area contributed by atoms with E-state index in [1.165, 1.54) is 19.3 Å². The van der Waals surface area contributed by atoms with Gasteiger partial charge >= 0.3 is 0 Å². The first-order valence-electron chi connectivity index (χ1n) is 12.9. The fourth-order valence-corrected chi connectivity index (χ4v) is 7.25. The van der Waals surface area contributed by atoms with E-state index in [2.05, 4.69) is 15.7 Å². The Hall–Kier alpha value is -2.63. The number of rotatable bonds is 7.